The topological polar surface area (TPSA) is 63.6 Å². The summed E-state index contributed by atoms with van der Waals surface area (Å²) >= 11 is 0. The predicted octanol–water partition coefficient (Wildman–Crippen LogP) is 2.77. The van der Waals surface area contributed by atoms with Crippen LogP contribution in [-0.4, -0.2) is 19.0 Å². The monoisotopic (exact) mass is 292 g/mol. The Labute approximate surface area is 106 Å². The molecule has 0 amide bonds. The standard InChI is InChI=1S/C11H7F3O4S/c12-11(13,14)19(16,17)18-10-6-8(15)5-7-3-1-2-4-9(7)10/h1-6,15H. The van der Waals surface area contributed by atoms with Crippen LogP contribution in [0, 0.1) is 0 Å². The molecule has 0 saturated carbocycles. The van der Waals surface area contributed by atoms with Crippen molar-refractivity contribution < 1.29 is 30.9 Å². The maximum Gasteiger partial charge on any atom is 0.534 e. The number of rotatable bonds is 2. The van der Waals surface area contributed by atoms with E-state index in [4.69, 9.17) is 0 Å². The van der Waals surface area contributed by atoms with Crippen molar-refractivity contribution in [1.29, 1.82) is 0 Å². The zero-order chi connectivity index (χ0) is 14.3. The fourth-order valence-corrected chi connectivity index (χ4v) is 1.96. The van der Waals surface area contributed by atoms with Gasteiger partial charge in [0.2, 0.25) is 0 Å². The van der Waals surface area contributed by atoms with E-state index in [1.807, 2.05) is 0 Å². The molecule has 4 nitrogen and oxygen atoms in total. The molecule has 8 heteroatoms. The quantitative estimate of drug-likeness (QED) is 0.683. The smallest absolute Gasteiger partial charge is 0.508 e. The van der Waals surface area contributed by atoms with Gasteiger partial charge in [0.05, 0.1) is 0 Å². The van der Waals surface area contributed by atoms with Gasteiger partial charge in [-0.3, -0.25) is 0 Å². The molecule has 0 heterocycles. The van der Waals surface area contributed by atoms with E-state index in [1.165, 1.54) is 24.3 Å². The minimum atomic E-state index is -5.77. The molecule has 0 unspecified atom stereocenters. The van der Waals surface area contributed by atoms with Crippen molar-refractivity contribution in [2.45, 2.75) is 5.51 Å². The average Bonchev–Trinajstić information content (AvgIpc) is 2.26. The molecular weight excluding hydrogens is 285 g/mol. The van der Waals surface area contributed by atoms with Crippen LogP contribution < -0.4 is 4.18 Å². The van der Waals surface area contributed by atoms with Crippen molar-refractivity contribution in [2.75, 3.05) is 0 Å². The van der Waals surface area contributed by atoms with Crippen LogP contribution >= 0.6 is 0 Å². The average molecular weight is 292 g/mol. The zero-order valence-corrected chi connectivity index (χ0v) is 9.99. The number of hydrogen-bond donors (Lipinski definition) is 1. The second-order valence-corrected chi connectivity index (χ2v) is 5.19. The highest BCUT2D eigenvalue weighted by atomic mass is 32.2. The number of phenols is 1. The Morgan fingerprint density at radius 1 is 1.11 bits per heavy atom. The minimum Gasteiger partial charge on any atom is -0.508 e. The minimum absolute atomic E-state index is 0.146. The van der Waals surface area contributed by atoms with Gasteiger partial charge in [0.1, 0.15) is 5.75 Å². The summed E-state index contributed by atoms with van der Waals surface area (Å²) in [6, 6.07) is 8.07. The first-order chi connectivity index (χ1) is 8.71. The molecule has 19 heavy (non-hydrogen) atoms. The van der Waals surface area contributed by atoms with Gasteiger partial charge in [0.15, 0.2) is 5.75 Å². The number of halogens is 3. The largest absolute Gasteiger partial charge is 0.534 e. The number of aromatic hydroxyl groups is 1. The molecule has 102 valence electrons. The molecule has 0 fully saturated rings. The molecule has 1 N–H and O–H groups in total. The summed E-state index contributed by atoms with van der Waals surface area (Å²) in [4.78, 5) is 0. The first kappa shape index (κ1) is 13.5. The lowest BCUT2D eigenvalue weighted by Gasteiger charge is -2.11. The summed E-state index contributed by atoms with van der Waals surface area (Å²) in [5.41, 5.74) is -5.53. The van der Waals surface area contributed by atoms with Gasteiger partial charge >= 0.3 is 15.6 Å². The Morgan fingerprint density at radius 3 is 2.37 bits per heavy atom. The van der Waals surface area contributed by atoms with Gasteiger partial charge in [-0.25, -0.2) is 0 Å². The summed E-state index contributed by atoms with van der Waals surface area (Å²) in [6.07, 6.45) is 0. The molecule has 0 aliphatic carbocycles. The summed E-state index contributed by atoms with van der Waals surface area (Å²) < 4.78 is 62.7. The van der Waals surface area contributed by atoms with Crippen molar-refractivity contribution in [2.24, 2.45) is 0 Å². The Hall–Kier alpha value is -1.96. The molecule has 2 aromatic rings. The number of alkyl halides is 3. The third-order valence-electron chi connectivity index (χ3n) is 2.29. The molecule has 0 bridgehead atoms. The fourth-order valence-electron chi connectivity index (χ4n) is 1.49. The molecule has 0 aliphatic heterocycles. The second kappa shape index (κ2) is 4.30. The molecule has 0 atom stereocenters. The van der Waals surface area contributed by atoms with Crippen LogP contribution in [0.15, 0.2) is 36.4 Å². The fraction of sp³-hybridized carbons (Fsp3) is 0.0909. The first-order valence-corrected chi connectivity index (χ1v) is 6.34. The maximum atomic E-state index is 12.2. The molecule has 0 aliphatic rings. The SMILES string of the molecule is O=S(=O)(Oc1cc(O)cc2ccccc12)C(F)(F)F. The van der Waals surface area contributed by atoms with E-state index in [1.54, 1.807) is 6.07 Å². The van der Waals surface area contributed by atoms with Crippen molar-refractivity contribution in [3.8, 4) is 11.5 Å². The number of benzene rings is 2. The maximum absolute atomic E-state index is 12.2. The number of fused-ring (bicyclic) bond motifs is 1. The molecule has 0 saturated heterocycles. The lowest BCUT2D eigenvalue weighted by Crippen LogP contribution is -2.28. The Kier molecular flexibility index (Phi) is 3.05. The van der Waals surface area contributed by atoms with E-state index in [0.717, 1.165) is 6.07 Å². The van der Waals surface area contributed by atoms with Gasteiger partial charge in [0, 0.05) is 11.5 Å². The molecule has 0 spiro atoms. The second-order valence-electron chi connectivity index (χ2n) is 3.65. The first-order valence-electron chi connectivity index (χ1n) is 4.93. The molecule has 0 aromatic heterocycles. The Balaban J connectivity index is 2.58. The van der Waals surface area contributed by atoms with E-state index >= 15 is 0 Å². The predicted molar refractivity (Wildman–Crippen MR) is 61.2 cm³/mol. The van der Waals surface area contributed by atoms with Crippen LogP contribution in [0.1, 0.15) is 0 Å². The summed E-state index contributed by atoms with van der Waals surface area (Å²) in [5, 5.41) is 9.86. The van der Waals surface area contributed by atoms with Gasteiger partial charge < -0.3 is 9.29 Å². The van der Waals surface area contributed by atoms with Crippen LogP contribution in [0.4, 0.5) is 13.2 Å². The molecule has 2 aromatic carbocycles. The molecule has 2 rings (SSSR count). The lowest BCUT2D eigenvalue weighted by atomic mass is 10.1. The van der Waals surface area contributed by atoms with Crippen LogP contribution in [0.2, 0.25) is 0 Å². The molecule has 0 radical (unpaired) electrons. The van der Waals surface area contributed by atoms with E-state index in [0.29, 0.717) is 5.39 Å². The Bertz CT molecular complexity index is 722. The normalized spacial score (nSPS) is 12.6. The third-order valence-corrected chi connectivity index (χ3v) is 3.26. The van der Waals surface area contributed by atoms with Crippen LogP contribution in [-0.2, 0) is 10.1 Å². The van der Waals surface area contributed by atoms with Crippen LogP contribution in [0.25, 0.3) is 10.8 Å². The Morgan fingerprint density at radius 2 is 1.74 bits per heavy atom. The summed E-state index contributed by atoms with van der Waals surface area (Å²) in [6.45, 7) is 0. The zero-order valence-electron chi connectivity index (χ0n) is 9.18. The summed E-state index contributed by atoms with van der Waals surface area (Å²) in [7, 11) is -5.77. The van der Waals surface area contributed by atoms with Crippen molar-refractivity contribution in [1.82, 2.24) is 0 Å². The number of hydrogen-bond acceptors (Lipinski definition) is 4. The van der Waals surface area contributed by atoms with E-state index in [-0.39, 0.29) is 5.39 Å². The number of phenolic OH excluding ortho intramolecular Hbond substituents is 1. The van der Waals surface area contributed by atoms with Gasteiger partial charge in [-0.15, -0.1) is 0 Å². The summed E-state index contributed by atoms with van der Waals surface area (Å²) in [5.74, 6) is -0.973. The third kappa shape index (κ3) is 2.58. The van der Waals surface area contributed by atoms with E-state index in [9.17, 15) is 26.7 Å². The van der Waals surface area contributed by atoms with Gasteiger partial charge in [0.25, 0.3) is 0 Å². The lowest BCUT2D eigenvalue weighted by molar-refractivity contribution is -0.0499. The molecular formula is C11H7F3O4S. The van der Waals surface area contributed by atoms with Crippen LogP contribution in [0.5, 0.6) is 11.5 Å². The van der Waals surface area contributed by atoms with Gasteiger partial charge in [-0.2, -0.15) is 21.6 Å². The van der Waals surface area contributed by atoms with Gasteiger partial charge in [-0.1, -0.05) is 24.3 Å². The highest BCUT2D eigenvalue weighted by molar-refractivity contribution is 7.88. The van der Waals surface area contributed by atoms with Gasteiger partial charge in [-0.05, 0) is 11.5 Å². The van der Waals surface area contributed by atoms with Crippen LogP contribution in [0.3, 0.4) is 0 Å². The van der Waals surface area contributed by atoms with E-state index < -0.39 is 27.1 Å². The van der Waals surface area contributed by atoms with E-state index in [2.05, 4.69) is 4.18 Å². The highest BCUT2D eigenvalue weighted by Crippen LogP contribution is 2.34. The van der Waals surface area contributed by atoms with Crippen molar-refractivity contribution >= 4 is 20.9 Å². The van der Waals surface area contributed by atoms with Crippen molar-refractivity contribution in [3.05, 3.63) is 36.4 Å². The van der Waals surface area contributed by atoms with Crippen molar-refractivity contribution in [3.63, 3.8) is 0 Å². The highest BCUT2D eigenvalue weighted by Gasteiger charge is 2.48.